The SMILES string of the molecule is N#CC1(c2ccccc2)CC2CCC(C1)N2Cc1ccccc1. The van der Waals surface area contributed by atoms with Crippen LogP contribution in [0.15, 0.2) is 60.7 Å². The van der Waals surface area contributed by atoms with Crippen molar-refractivity contribution in [3.8, 4) is 6.07 Å². The summed E-state index contributed by atoms with van der Waals surface area (Å²) in [4.78, 5) is 2.65. The lowest BCUT2D eigenvalue weighted by atomic mass is 9.71. The molecule has 2 aliphatic heterocycles. The second-order valence-electron chi connectivity index (χ2n) is 7.01. The summed E-state index contributed by atoms with van der Waals surface area (Å²) in [5, 5.41) is 9.97. The summed E-state index contributed by atoms with van der Waals surface area (Å²) in [5.41, 5.74) is 2.30. The van der Waals surface area contributed by atoms with Crippen LogP contribution in [0.3, 0.4) is 0 Å². The lowest BCUT2D eigenvalue weighted by Gasteiger charge is -2.43. The molecule has 116 valence electrons. The van der Waals surface area contributed by atoms with Crippen molar-refractivity contribution in [2.45, 2.75) is 49.7 Å². The normalized spacial score (nSPS) is 30.0. The van der Waals surface area contributed by atoms with Gasteiger partial charge < -0.3 is 0 Å². The molecule has 2 bridgehead atoms. The predicted octanol–water partition coefficient (Wildman–Crippen LogP) is 4.27. The van der Waals surface area contributed by atoms with Gasteiger partial charge in [0, 0.05) is 18.6 Å². The zero-order valence-electron chi connectivity index (χ0n) is 13.4. The second kappa shape index (κ2) is 5.83. The Morgan fingerprint density at radius 3 is 2.04 bits per heavy atom. The van der Waals surface area contributed by atoms with Crippen molar-refractivity contribution < 1.29 is 0 Å². The maximum atomic E-state index is 9.97. The third kappa shape index (κ3) is 2.56. The van der Waals surface area contributed by atoms with E-state index in [1.165, 1.54) is 24.0 Å². The lowest BCUT2D eigenvalue weighted by Crippen LogP contribution is -2.48. The average Bonchev–Trinajstić information content (AvgIpc) is 2.86. The summed E-state index contributed by atoms with van der Waals surface area (Å²) in [6, 6.07) is 24.9. The minimum Gasteiger partial charge on any atom is -0.293 e. The molecule has 2 saturated heterocycles. The molecular formula is C21H22N2. The van der Waals surface area contributed by atoms with Crippen LogP contribution in [0.5, 0.6) is 0 Å². The van der Waals surface area contributed by atoms with Gasteiger partial charge >= 0.3 is 0 Å². The maximum Gasteiger partial charge on any atom is 0.0852 e. The number of fused-ring (bicyclic) bond motifs is 2. The highest BCUT2D eigenvalue weighted by Crippen LogP contribution is 2.47. The van der Waals surface area contributed by atoms with Crippen molar-refractivity contribution in [1.82, 2.24) is 4.90 Å². The third-order valence-electron chi connectivity index (χ3n) is 5.69. The molecule has 2 aliphatic rings. The topological polar surface area (TPSA) is 27.0 Å². The molecule has 2 nitrogen and oxygen atoms in total. The first kappa shape index (κ1) is 14.5. The van der Waals surface area contributed by atoms with Crippen molar-refractivity contribution >= 4 is 0 Å². The van der Waals surface area contributed by atoms with E-state index in [9.17, 15) is 5.26 Å². The van der Waals surface area contributed by atoms with Crippen LogP contribution in [-0.4, -0.2) is 17.0 Å². The Labute approximate surface area is 138 Å². The van der Waals surface area contributed by atoms with Gasteiger partial charge in [-0.1, -0.05) is 60.7 Å². The quantitative estimate of drug-likeness (QED) is 0.846. The van der Waals surface area contributed by atoms with Crippen LogP contribution >= 0.6 is 0 Å². The minimum absolute atomic E-state index is 0.291. The summed E-state index contributed by atoms with van der Waals surface area (Å²) in [5.74, 6) is 0. The zero-order chi connectivity index (χ0) is 15.7. The molecule has 0 N–H and O–H groups in total. The number of piperidine rings is 1. The average molecular weight is 302 g/mol. The van der Waals surface area contributed by atoms with Gasteiger partial charge in [-0.25, -0.2) is 0 Å². The Hall–Kier alpha value is -2.11. The molecule has 0 aliphatic carbocycles. The van der Waals surface area contributed by atoms with Crippen molar-refractivity contribution in [3.05, 3.63) is 71.8 Å². The van der Waals surface area contributed by atoms with Gasteiger partial charge in [0.25, 0.3) is 0 Å². The Morgan fingerprint density at radius 2 is 1.48 bits per heavy atom. The number of nitrogens with zero attached hydrogens (tertiary/aromatic N) is 2. The summed E-state index contributed by atoms with van der Waals surface area (Å²) in [7, 11) is 0. The number of hydrogen-bond donors (Lipinski definition) is 0. The van der Waals surface area contributed by atoms with Crippen molar-refractivity contribution in [2.75, 3.05) is 0 Å². The molecule has 2 fully saturated rings. The number of benzene rings is 2. The molecule has 4 rings (SSSR count). The standard InChI is InChI=1S/C21H22N2/c22-16-21(18-9-5-2-6-10-18)13-19-11-12-20(14-21)23(19)15-17-7-3-1-4-8-17/h1-10,19-20H,11-15H2. The molecule has 2 aromatic rings. The second-order valence-corrected chi connectivity index (χ2v) is 7.01. The van der Waals surface area contributed by atoms with E-state index in [0.29, 0.717) is 12.1 Å². The highest BCUT2D eigenvalue weighted by Gasteiger charge is 2.49. The molecule has 0 spiro atoms. The largest absolute Gasteiger partial charge is 0.293 e. The Bertz CT molecular complexity index is 688. The first-order chi connectivity index (χ1) is 11.3. The van der Waals surface area contributed by atoms with Crippen LogP contribution in [0.25, 0.3) is 0 Å². The van der Waals surface area contributed by atoms with E-state index in [1.54, 1.807) is 0 Å². The van der Waals surface area contributed by atoms with Gasteiger partial charge in [-0.05, 0) is 36.8 Å². The van der Waals surface area contributed by atoms with Gasteiger partial charge in [0.2, 0.25) is 0 Å². The van der Waals surface area contributed by atoms with E-state index in [-0.39, 0.29) is 5.41 Å². The van der Waals surface area contributed by atoms with E-state index in [0.717, 1.165) is 19.4 Å². The Kier molecular flexibility index (Phi) is 3.67. The van der Waals surface area contributed by atoms with Crippen LogP contribution in [0.4, 0.5) is 0 Å². The molecule has 0 aromatic heterocycles. The molecule has 2 unspecified atom stereocenters. The maximum absolute atomic E-state index is 9.97. The number of hydrogen-bond acceptors (Lipinski definition) is 2. The summed E-state index contributed by atoms with van der Waals surface area (Å²) >= 11 is 0. The van der Waals surface area contributed by atoms with Gasteiger partial charge in [0.05, 0.1) is 11.5 Å². The van der Waals surface area contributed by atoms with Crippen LogP contribution in [0.1, 0.15) is 36.8 Å². The third-order valence-corrected chi connectivity index (χ3v) is 5.69. The smallest absolute Gasteiger partial charge is 0.0852 e. The minimum atomic E-state index is -0.291. The van der Waals surface area contributed by atoms with Gasteiger partial charge in [0.1, 0.15) is 0 Å². The van der Waals surface area contributed by atoms with E-state index >= 15 is 0 Å². The molecule has 0 radical (unpaired) electrons. The molecule has 0 amide bonds. The fraction of sp³-hybridized carbons (Fsp3) is 0.381. The van der Waals surface area contributed by atoms with Crippen LogP contribution in [0, 0.1) is 11.3 Å². The van der Waals surface area contributed by atoms with Crippen LogP contribution in [0.2, 0.25) is 0 Å². The van der Waals surface area contributed by atoms with Gasteiger partial charge in [0.15, 0.2) is 0 Å². The summed E-state index contributed by atoms with van der Waals surface area (Å²) in [6.07, 6.45) is 4.40. The Balaban J connectivity index is 1.59. The molecule has 2 heterocycles. The molecular weight excluding hydrogens is 280 g/mol. The fourth-order valence-corrected chi connectivity index (χ4v) is 4.54. The van der Waals surface area contributed by atoms with E-state index in [4.69, 9.17) is 0 Å². The van der Waals surface area contributed by atoms with Crippen molar-refractivity contribution in [1.29, 1.82) is 5.26 Å². The lowest BCUT2D eigenvalue weighted by molar-refractivity contribution is 0.0974. The molecule has 2 aromatic carbocycles. The number of rotatable bonds is 3. The van der Waals surface area contributed by atoms with Gasteiger partial charge in [-0.2, -0.15) is 5.26 Å². The first-order valence-corrected chi connectivity index (χ1v) is 8.57. The van der Waals surface area contributed by atoms with E-state index < -0.39 is 0 Å². The predicted molar refractivity (Wildman–Crippen MR) is 91.8 cm³/mol. The van der Waals surface area contributed by atoms with Crippen molar-refractivity contribution in [3.63, 3.8) is 0 Å². The highest BCUT2D eigenvalue weighted by atomic mass is 15.2. The highest BCUT2D eigenvalue weighted by molar-refractivity contribution is 5.35. The van der Waals surface area contributed by atoms with Crippen molar-refractivity contribution in [2.24, 2.45) is 0 Å². The number of nitriles is 1. The van der Waals surface area contributed by atoms with Crippen LogP contribution in [-0.2, 0) is 12.0 Å². The fourth-order valence-electron chi connectivity index (χ4n) is 4.54. The summed E-state index contributed by atoms with van der Waals surface area (Å²) < 4.78 is 0. The molecule has 2 heteroatoms. The van der Waals surface area contributed by atoms with Gasteiger partial charge in [-0.3, -0.25) is 4.90 Å². The monoisotopic (exact) mass is 302 g/mol. The first-order valence-electron chi connectivity index (χ1n) is 8.57. The van der Waals surface area contributed by atoms with Crippen LogP contribution < -0.4 is 0 Å². The van der Waals surface area contributed by atoms with E-state index in [2.05, 4.69) is 65.6 Å². The zero-order valence-corrected chi connectivity index (χ0v) is 13.4. The summed E-state index contributed by atoms with van der Waals surface area (Å²) in [6.45, 7) is 1.02. The molecule has 0 saturated carbocycles. The van der Waals surface area contributed by atoms with Gasteiger partial charge in [-0.15, -0.1) is 0 Å². The molecule has 23 heavy (non-hydrogen) atoms. The Morgan fingerprint density at radius 1 is 0.913 bits per heavy atom. The molecule has 2 atom stereocenters. The van der Waals surface area contributed by atoms with E-state index in [1.807, 2.05) is 6.07 Å².